The molecule has 0 bridgehead atoms. The molecule has 140 valence electrons. The molecule has 8 heteroatoms. The summed E-state index contributed by atoms with van der Waals surface area (Å²) >= 11 is 0. The minimum Gasteiger partial charge on any atom is -0.233 e. The smallest absolute Gasteiger partial charge is 0.215 e. The molecule has 0 saturated heterocycles. The van der Waals surface area contributed by atoms with Gasteiger partial charge < -0.3 is 0 Å². The third-order valence-electron chi connectivity index (χ3n) is 4.19. The number of sulfonamides is 1. The molecule has 27 heavy (non-hydrogen) atoms. The van der Waals surface area contributed by atoms with Gasteiger partial charge in [-0.05, 0) is 38.3 Å². The van der Waals surface area contributed by atoms with Gasteiger partial charge in [-0.15, -0.1) is 0 Å². The van der Waals surface area contributed by atoms with E-state index in [0.717, 1.165) is 17.0 Å². The standard InChI is InChI=1S/C19H21N5O2S/c1-14-11-15(2)24-19(22-14)17(12-20)18(23-24)9-6-10-21-27(25,26)13-16-7-4-3-5-8-16/h3-5,7-8,11,21H,6,9-10,13H2,1-2H3. The van der Waals surface area contributed by atoms with Crippen LogP contribution >= 0.6 is 0 Å². The Kier molecular flexibility index (Phi) is 5.54. The Hall–Kier alpha value is -2.76. The van der Waals surface area contributed by atoms with E-state index in [1.807, 2.05) is 38.1 Å². The van der Waals surface area contributed by atoms with Crippen molar-refractivity contribution in [2.75, 3.05) is 6.54 Å². The minimum atomic E-state index is -3.39. The van der Waals surface area contributed by atoms with Gasteiger partial charge in [-0.25, -0.2) is 22.6 Å². The van der Waals surface area contributed by atoms with E-state index in [4.69, 9.17) is 0 Å². The Morgan fingerprint density at radius 1 is 1.22 bits per heavy atom. The maximum Gasteiger partial charge on any atom is 0.215 e. The number of fused-ring (bicyclic) bond motifs is 1. The van der Waals surface area contributed by atoms with Crippen LogP contribution in [0, 0.1) is 25.2 Å². The Bertz CT molecular complexity index is 1100. The van der Waals surface area contributed by atoms with Crippen molar-refractivity contribution < 1.29 is 8.42 Å². The van der Waals surface area contributed by atoms with Gasteiger partial charge in [0, 0.05) is 17.9 Å². The van der Waals surface area contributed by atoms with Crippen LogP contribution in [0.1, 0.15) is 34.6 Å². The highest BCUT2D eigenvalue weighted by Crippen LogP contribution is 2.17. The molecule has 7 nitrogen and oxygen atoms in total. The van der Waals surface area contributed by atoms with E-state index in [1.54, 1.807) is 16.6 Å². The van der Waals surface area contributed by atoms with E-state index in [9.17, 15) is 13.7 Å². The number of hydrogen-bond acceptors (Lipinski definition) is 5. The van der Waals surface area contributed by atoms with Crippen molar-refractivity contribution in [2.45, 2.75) is 32.4 Å². The average Bonchev–Trinajstić information content (AvgIpc) is 2.97. The van der Waals surface area contributed by atoms with Gasteiger partial charge in [0.25, 0.3) is 0 Å². The molecule has 1 aromatic carbocycles. The van der Waals surface area contributed by atoms with Crippen LogP contribution in [0.4, 0.5) is 0 Å². The summed E-state index contributed by atoms with van der Waals surface area (Å²) in [4.78, 5) is 4.41. The maximum atomic E-state index is 12.2. The number of nitrogens with one attached hydrogen (secondary N) is 1. The van der Waals surface area contributed by atoms with Gasteiger partial charge in [0.15, 0.2) is 5.65 Å². The lowest BCUT2D eigenvalue weighted by Gasteiger charge is -2.06. The van der Waals surface area contributed by atoms with Crippen LogP contribution in [0.3, 0.4) is 0 Å². The summed E-state index contributed by atoms with van der Waals surface area (Å²) in [6.45, 7) is 4.08. The van der Waals surface area contributed by atoms with Crippen LogP contribution in [0.25, 0.3) is 5.65 Å². The molecule has 2 aromatic heterocycles. The molecule has 0 amide bonds. The quantitative estimate of drug-likeness (QED) is 0.631. The van der Waals surface area contributed by atoms with E-state index in [2.05, 4.69) is 20.9 Å². The van der Waals surface area contributed by atoms with Crippen molar-refractivity contribution in [3.63, 3.8) is 0 Å². The zero-order valence-corrected chi connectivity index (χ0v) is 16.1. The summed E-state index contributed by atoms with van der Waals surface area (Å²) in [5, 5.41) is 14.0. The Morgan fingerprint density at radius 2 is 1.96 bits per heavy atom. The fraction of sp³-hybridized carbons (Fsp3) is 0.316. The molecule has 0 radical (unpaired) electrons. The fourth-order valence-electron chi connectivity index (χ4n) is 2.98. The third-order valence-corrected chi connectivity index (χ3v) is 5.55. The lowest BCUT2D eigenvalue weighted by molar-refractivity contribution is 0.577. The van der Waals surface area contributed by atoms with Gasteiger partial charge in [0.1, 0.15) is 11.6 Å². The highest BCUT2D eigenvalue weighted by molar-refractivity contribution is 7.88. The first-order valence-corrected chi connectivity index (χ1v) is 10.3. The largest absolute Gasteiger partial charge is 0.233 e. The molecule has 3 rings (SSSR count). The van der Waals surface area contributed by atoms with Crippen LogP contribution in [0.5, 0.6) is 0 Å². The third kappa shape index (κ3) is 4.51. The first-order chi connectivity index (χ1) is 12.9. The van der Waals surface area contributed by atoms with Crippen molar-refractivity contribution in [3.8, 4) is 6.07 Å². The predicted octanol–water partition coefficient (Wildman–Crippen LogP) is 2.27. The number of aromatic nitrogens is 3. The highest BCUT2D eigenvalue weighted by Gasteiger charge is 2.16. The van der Waals surface area contributed by atoms with Gasteiger partial charge in [0.2, 0.25) is 10.0 Å². The average molecular weight is 383 g/mol. The van der Waals surface area contributed by atoms with Crippen molar-refractivity contribution in [3.05, 3.63) is 64.6 Å². The van der Waals surface area contributed by atoms with Crippen molar-refractivity contribution in [1.82, 2.24) is 19.3 Å². The van der Waals surface area contributed by atoms with E-state index < -0.39 is 10.0 Å². The van der Waals surface area contributed by atoms with E-state index in [0.29, 0.717) is 36.3 Å². The lowest BCUT2D eigenvalue weighted by Crippen LogP contribution is -2.26. The summed E-state index contributed by atoms with van der Waals surface area (Å²) in [6, 6.07) is 13.1. The zero-order chi connectivity index (χ0) is 19.4. The monoisotopic (exact) mass is 383 g/mol. The van der Waals surface area contributed by atoms with Crippen LogP contribution in [-0.4, -0.2) is 29.6 Å². The second-order valence-corrected chi connectivity index (χ2v) is 8.26. The van der Waals surface area contributed by atoms with Crippen LogP contribution in [0.15, 0.2) is 36.4 Å². The molecular formula is C19H21N5O2S. The SMILES string of the molecule is Cc1cc(C)n2nc(CCCNS(=O)(=O)Cc3ccccc3)c(C#N)c2n1. The minimum absolute atomic E-state index is 0.0476. The first kappa shape index (κ1) is 19.0. The summed E-state index contributed by atoms with van der Waals surface area (Å²) in [5.74, 6) is -0.0476. The van der Waals surface area contributed by atoms with E-state index >= 15 is 0 Å². The number of hydrogen-bond donors (Lipinski definition) is 1. The lowest BCUT2D eigenvalue weighted by atomic mass is 10.1. The van der Waals surface area contributed by atoms with Gasteiger partial charge in [-0.1, -0.05) is 30.3 Å². The first-order valence-electron chi connectivity index (χ1n) is 8.67. The molecule has 0 spiro atoms. The second kappa shape index (κ2) is 7.86. The number of aryl methyl sites for hydroxylation is 3. The number of nitrogens with zero attached hydrogens (tertiary/aromatic N) is 4. The van der Waals surface area contributed by atoms with E-state index in [-0.39, 0.29) is 5.75 Å². The summed E-state index contributed by atoms with van der Waals surface area (Å²) in [6.07, 6.45) is 1.04. The van der Waals surface area contributed by atoms with Gasteiger partial charge in [0.05, 0.1) is 11.4 Å². The topological polar surface area (TPSA) is 100 Å². The maximum absolute atomic E-state index is 12.2. The number of nitriles is 1. The van der Waals surface area contributed by atoms with E-state index in [1.165, 1.54) is 0 Å². The van der Waals surface area contributed by atoms with Gasteiger partial charge in [-0.2, -0.15) is 10.4 Å². The van der Waals surface area contributed by atoms with Crippen molar-refractivity contribution in [1.29, 1.82) is 5.26 Å². The molecule has 2 heterocycles. The predicted molar refractivity (Wildman–Crippen MR) is 103 cm³/mol. The highest BCUT2D eigenvalue weighted by atomic mass is 32.2. The molecule has 0 aliphatic rings. The fourth-order valence-corrected chi connectivity index (χ4v) is 4.17. The van der Waals surface area contributed by atoms with Crippen molar-refractivity contribution in [2.24, 2.45) is 0 Å². The van der Waals surface area contributed by atoms with Gasteiger partial charge >= 0.3 is 0 Å². The van der Waals surface area contributed by atoms with Crippen molar-refractivity contribution >= 4 is 15.7 Å². The molecule has 0 saturated carbocycles. The van der Waals surface area contributed by atoms with Crippen LogP contribution < -0.4 is 4.72 Å². The number of rotatable bonds is 7. The summed E-state index contributed by atoms with van der Waals surface area (Å²) < 4.78 is 28.6. The summed E-state index contributed by atoms with van der Waals surface area (Å²) in [7, 11) is -3.39. The number of benzene rings is 1. The molecule has 1 N–H and O–H groups in total. The van der Waals surface area contributed by atoms with Crippen LogP contribution in [0.2, 0.25) is 0 Å². The Labute approximate surface area is 158 Å². The van der Waals surface area contributed by atoms with Crippen LogP contribution in [-0.2, 0) is 22.2 Å². The normalized spacial score (nSPS) is 11.6. The molecule has 0 aliphatic heterocycles. The molecule has 0 fully saturated rings. The molecule has 0 atom stereocenters. The Balaban J connectivity index is 1.64. The molecule has 0 unspecified atom stereocenters. The summed E-state index contributed by atoms with van der Waals surface area (Å²) in [5.41, 5.74) is 4.12. The zero-order valence-electron chi connectivity index (χ0n) is 15.3. The second-order valence-electron chi connectivity index (χ2n) is 6.45. The molecular weight excluding hydrogens is 362 g/mol. The Morgan fingerprint density at radius 3 is 2.67 bits per heavy atom. The van der Waals surface area contributed by atoms with Gasteiger partial charge in [-0.3, -0.25) is 0 Å². The molecule has 3 aromatic rings. The molecule has 0 aliphatic carbocycles.